The Morgan fingerprint density at radius 3 is 2.76 bits per heavy atom. The van der Waals surface area contributed by atoms with Crippen LogP contribution in [0.25, 0.3) is 11.3 Å². The Morgan fingerprint density at radius 1 is 1.43 bits per heavy atom. The number of aromatic nitrogens is 1. The van der Waals surface area contributed by atoms with E-state index in [4.69, 9.17) is 4.52 Å². The number of aryl methyl sites for hydroxylation is 1. The molecular formula is C15H16F2N2O2. The average molecular weight is 294 g/mol. The third-order valence-electron chi connectivity index (χ3n) is 3.27. The highest BCUT2D eigenvalue weighted by Gasteiger charge is 2.24. The highest BCUT2D eigenvalue weighted by molar-refractivity contribution is 6.00. The second-order valence-electron chi connectivity index (χ2n) is 4.87. The Hall–Kier alpha value is -2.24. The number of carbonyl (C=O) groups excluding carboxylic acids is 1. The van der Waals surface area contributed by atoms with Gasteiger partial charge in [0.25, 0.3) is 5.91 Å². The first kappa shape index (κ1) is 15.2. The Morgan fingerprint density at radius 2 is 2.14 bits per heavy atom. The fraction of sp³-hybridized carbons (Fsp3) is 0.333. The molecule has 0 radical (unpaired) electrons. The van der Waals surface area contributed by atoms with Crippen LogP contribution in [-0.2, 0) is 0 Å². The molecule has 2 rings (SSSR count). The summed E-state index contributed by atoms with van der Waals surface area (Å²) in [6.45, 7) is 5.37. The molecule has 1 heterocycles. The molecule has 0 saturated carbocycles. The van der Waals surface area contributed by atoms with E-state index >= 15 is 0 Å². The van der Waals surface area contributed by atoms with Crippen LogP contribution in [0.4, 0.5) is 8.78 Å². The summed E-state index contributed by atoms with van der Waals surface area (Å²) in [6, 6.07) is 3.06. The average Bonchev–Trinajstić information content (AvgIpc) is 2.80. The van der Waals surface area contributed by atoms with Gasteiger partial charge in [0.05, 0.1) is 0 Å². The van der Waals surface area contributed by atoms with Gasteiger partial charge < -0.3 is 9.84 Å². The van der Waals surface area contributed by atoms with Crippen LogP contribution in [0.5, 0.6) is 0 Å². The lowest BCUT2D eigenvalue weighted by molar-refractivity contribution is 0.0938. The normalized spacial score (nSPS) is 12.2. The number of halogens is 2. The number of rotatable bonds is 4. The topological polar surface area (TPSA) is 55.1 Å². The van der Waals surface area contributed by atoms with Gasteiger partial charge in [-0.2, -0.15) is 0 Å². The van der Waals surface area contributed by atoms with Crippen molar-refractivity contribution in [3.63, 3.8) is 0 Å². The lowest BCUT2D eigenvalue weighted by Gasteiger charge is -2.11. The fourth-order valence-corrected chi connectivity index (χ4v) is 1.90. The van der Waals surface area contributed by atoms with Gasteiger partial charge in [0, 0.05) is 17.7 Å². The highest BCUT2D eigenvalue weighted by Crippen LogP contribution is 2.28. The van der Waals surface area contributed by atoms with Crippen molar-refractivity contribution in [2.45, 2.75) is 33.2 Å². The largest absolute Gasteiger partial charge is 0.360 e. The maximum absolute atomic E-state index is 13.9. The number of hydrogen-bond donors (Lipinski definition) is 1. The Balaban J connectivity index is 2.44. The van der Waals surface area contributed by atoms with Gasteiger partial charge in [-0.25, -0.2) is 8.78 Å². The molecule has 0 fully saturated rings. The molecule has 1 N–H and O–H groups in total. The van der Waals surface area contributed by atoms with E-state index in [1.54, 1.807) is 6.92 Å². The summed E-state index contributed by atoms with van der Waals surface area (Å²) in [5.41, 5.74) is 0.272. The van der Waals surface area contributed by atoms with Crippen LogP contribution in [-0.4, -0.2) is 17.1 Å². The lowest BCUT2D eigenvalue weighted by atomic mass is 10.0. The molecule has 0 aliphatic rings. The van der Waals surface area contributed by atoms with Crippen LogP contribution in [0.15, 0.2) is 22.7 Å². The van der Waals surface area contributed by atoms with Crippen molar-refractivity contribution in [2.24, 2.45) is 0 Å². The summed E-state index contributed by atoms with van der Waals surface area (Å²) >= 11 is 0. The molecule has 0 aliphatic heterocycles. The van der Waals surface area contributed by atoms with Crippen molar-refractivity contribution in [2.75, 3.05) is 0 Å². The summed E-state index contributed by atoms with van der Waals surface area (Å²) in [4.78, 5) is 12.3. The van der Waals surface area contributed by atoms with E-state index in [1.807, 2.05) is 13.8 Å². The van der Waals surface area contributed by atoms with Gasteiger partial charge in [-0.05, 0) is 32.4 Å². The van der Waals surface area contributed by atoms with E-state index in [1.165, 1.54) is 6.07 Å². The molecular weight excluding hydrogens is 278 g/mol. The zero-order chi connectivity index (χ0) is 15.6. The van der Waals surface area contributed by atoms with Crippen LogP contribution >= 0.6 is 0 Å². The van der Waals surface area contributed by atoms with Crippen LogP contribution in [0.1, 0.15) is 36.4 Å². The molecule has 0 spiro atoms. The molecule has 1 amide bonds. The third-order valence-corrected chi connectivity index (χ3v) is 3.27. The van der Waals surface area contributed by atoms with E-state index in [9.17, 15) is 13.6 Å². The predicted molar refractivity (Wildman–Crippen MR) is 73.8 cm³/mol. The third kappa shape index (κ3) is 3.09. The monoisotopic (exact) mass is 294 g/mol. The van der Waals surface area contributed by atoms with Crippen LogP contribution in [0, 0.1) is 18.6 Å². The van der Waals surface area contributed by atoms with Gasteiger partial charge in [-0.15, -0.1) is 0 Å². The molecule has 2 aromatic rings. The van der Waals surface area contributed by atoms with Crippen molar-refractivity contribution in [1.82, 2.24) is 10.5 Å². The molecule has 6 heteroatoms. The second kappa shape index (κ2) is 6.03. The maximum atomic E-state index is 13.9. The van der Waals surface area contributed by atoms with E-state index < -0.39 is 11.6 Å². The van der Waals surface area contributed by atoms with Gasteiger partial charge in [-0.3, -0.25) is 4.79 Å². The van der Waals surface area contributed by atoms with Crippen LogP contribution < -0.4 is 5.32 Å². The molecule has 0 aliphatic carbocycles. The van der Waals surface area contributed by atoms with Gasteiger partial charge in [0.15, 0.2) is 0 Å². The molecule has 112 valence electrons. The zero-order valence-electron chi connectivity index (χ0n) is 12.0. The predicted octanol–water partition coefficient (Wildman–Crippen LogP) is 3.46. The van der Waals surface area contributed by atoms with Gasteiger partial charge in [-0.1, -0.05) is 12.1 Å². The molecule has 21 heavy (non-hydrogen) atoms. The highest BCUT2D eigenvalue weighted by atomic mass is 19.1. The number of amides is 1. The Labute approximate surface area is 121 Å². The molecule has 0 bridgehead atoms. The smallest absolute Gasteiger partial charge is 0.257 e. The minimum Gasteiger partial charge on any atom is -0.360 e. The van der Waals surface area contributed by atoms with Crippen molar-refractivity contribution in [3.8, 4) is 11.3 Å². The Bertz CT molecular complexity index is 668. The standard InChI is InChI=1S/C15H16F2N2O2/c1-4-8(2)18-15(20)13-9(3)21-19-14(13)11-6-5-10(16)7-12(11)17/h5-8H,4H2,1-3H3,(H,18,20). The minimum absolute atomic E-state index is 0.0299. The minimum atomic E-state index is -0.791. The number of benzene rings is 1. The van der Waals surface area contributed by atoms with Gasteiger partial charge in [0.2, 0.25) is 0 Å². The quantitative estimate of drug-likeness (QED) is 0.939. The van der Waals surface area contributed by atoms with Crippen molar-refractivity contribution >= 4 is 5.91 Å². The molecule has 1 aromatic heterocycles. The molecule has 0 saturated heterocycles. The number of nitrogens with one attached hydrogen (secondary N) is 1. The van der Waals surface area contributed by atoms with Gasteiger partial charge >= 0.3 is 0 Å². The van der Waals surface area contributed by atoms with Crippen molar-refractivity contribution in [3.05, 3.63) is 41.2 Å². The zero-order valence-corrected chi connectivity index (χ0v) is 12.0. The fourth-order valence-electron chi connectivity index (χ4n) is 1.90. The summed E-state index contributed by atoms with van der Waals surface area (Å²) < 4.78 is 31.8. The summed E-state index contributed by atoms with van der Waals surface area (Å²) in [6.07, 6.45) is 0.760. The second-order valence-corrected chi connectivity index (χ2v) is 4.87. The lowest BCUT2D eigenvalue weighted by Crippen LogP contribution is -2.32. The SMILES string of the molecule is CCC(C)NC(=O)c1c(-c2ccc(F)cc2F)noc1C. The van der Waals surface area contributed by atoms with E-state index in [2.05, 4.69) is 10.5 Å². The number of carbonyl (C=O) groups is 1. The summed E-state index contributed by atoms with van der Waals surface area (Å²) in [5.74, 6) is -1.58. The summed E-state index contributed by atoms with van der Waals surface area (Å²) in [7, 11) is 0. The number of nitrogens with zero attached hydrogens (tertiary/aromatic N) is 1. The number of hydrogen-bond acceptors (Lipinski definition) is 3. The van der Waals surface area contributed by atoms with E-state index in [0.717, 1.165) is 18.6 Å². The molecule has 1 aromatic carbocycles. The van der Waals surface area contributed by atoms with Crippen LogP contribution in [0.2, 0.25) is 0 Å². The maximum Gasteiger partial charge on any atom is 0.257 e. The van der Waals surface area contributed by atoms with Crippen molar-refractivity contribution in [1.29, 1.82) is 0 Å². The first-order valence-corrected chi connectivity index (χ1v) is 6.66. The molecule has 1 unspecified atom stereocenters. The van der Waals surface area contributed by atoms with Crippen molar-refractivity contribution < 1.29 is 18.1 Å². The molecule has 4 nitrogen and oxygen atoms in total. The van der Waals surface area contributed by atoms with Gasteiger partial charge in [0.1, 0.15) is 28.7 Å². The van der Waals surface area contributed by atoms with Crippen LogP contribution in [0.3, 0.4) is 0 Å². The first-order valence-electron chi connectivity index (χ1n) is 6.66. The molecule has 1 atom stereocenters. The first-order chi connectivity index (χ1) is 9.93. The van der Waals surface area contributed by atoms with E-state index in [-0.39, 0.29) is 34.5 Å². The Kier molecular flexibility index (Phi) is 4.35. The summed E-state index contributed by atoms with van der Waals surface area (Å²) in [5, 5.41) is 6.51. The van der Waals surface area contributed by atoms with E-state index in [0.29, 0.717) is 0 Å².